The van der Waals surface area contributed by atoms with Gasteiger partial charge in [-0.15, -0.1) is 0 Å². The molecule has 178 valence electrons. The molecule has 0 fully saturated rings. The summed E-state index contributed by atoms with van der Waals surface area (Å²) < 4.78 is 70.5. The number of nitrogens with one attached hydrogen (secondary N) is 1. The SMILES string of the molecule is Cc1c(-c2cccc(S(=O)(=O)N(C)C)c2)c2nc(C(C)(F)F)ccc2n1C/C(F)=C/CNCl. The maximum absolute atomic E-state index is 14.5. The molecule has 3 rings (SSSR count). The van der Waals surface area contributed by atoms with Crippen molar-refractivity contribution in [2.75, 3.05) is 20.6 Å². The standard InChI is InChI=1S/C22H24ClF3N4O2S/c1-14-20(15-6-5-7-17(12-15)33(31,32)29(3)4)21-18(8-9-19(28-21)22(2,25)26)30(14)13-16(24)10-11-27-23/h5-10,12,27H,11,13H2,1-4H3/b16-10-. The van der Waals surface area contributed by atoms with Gasteiger partial charge in [0, 0.05) is 38.8 Å². The van der Waals surface area contributed by atoms with Gasteiger partial charge >= 0.3 is 0 Å². The molecule has 0 unspecified atom stereocenters. The molecular formula is C22H24ClF3N4O2S. The number of hydrogen-bond donors (Lipinski definition) is 1. The predicted octanol–water partition coefficient (Wildman–Crippen LogP) is 4.97. The Morgan fingerprint density at radius 1 is 1.27 bits per heavy atom. The molecule has 0 saturated heterocycles. The first-order chi connectivity index (χ1) is 15.4. The molecule has 0 bridgehead atoms. The minimum atomic E-state index is -3.73. The van der Waals surface area contributed by atoms with Crippen molar-refractivity contribution < 1.29 is 21.6 Å². The summed E-state index contributed by atoms with van der Waals surface area (Å²) in [6.45, 7) is 2.39. The summed E-state index contributed by atoms with van der Waals surface area (Å²) in [5.74, 6) is -3.67. The number of alkyl halides is 2. The van der Waals surface area contributed by atoms with Crippen LogP contribution in [0.1, 0.15) is 18.3 Å². The quantitative estimate of drug-likeness (QED) is 0.443. The Labute approximate surface area is 195 Å². The lowest BCUT2D eigenvalue weighted by atomic mass is 10.0. The molecule has 0 aliphatic carbocycles. The Bertz CT molecular complexity index is 1320. The molecule has 11 heteroatoms. The van der Waals surface area contributed by atoms with E-state index in [1.807, 2.05) is 0 Å². The molecule has 2 aromatic heterocycles. The van der Waals surface area contributed by atoms with E-state index in [0.29, 0.717) is 22.3 Å². The third-order valence-electron chi connectivity index (χ3n) is 5.23. The second kappa shape index (κ2) is 9.46. The van der Waals surface area contributed by atoms with Gasteiger partial charge in [-0.2, -0.15) is 8.78 Å². The van der Waals surface area contributed by atoms with Gasteiger partial charge in [0.1, 0.15) is 11.5 Å². The van der Waals surface area contributed by atoms with Gasteiger partial charge in [-0.05, 0) is 54.6 Å². The van der Waals surface area contributed by atoms with Crippen molar-refractivity contribution in [1.82, 2.24) is 18.7 Å². The van der Waals surface area contributed by atoms with Crippen LogP contribution in [0.3, 0.4) is 0 Å². The van der Waals surface area contributed by atoms with Crippen LogP contribution in [0.4, 0.5) is 13.2 Å². The van der Waals surface area contributed by atoms with Gasteiger partial charge in [0.2, 0.25) is 10.0 Å². The Kier molecular flexibility index (Phi) is 7.23. The number of pyridine rings is 1. The van der Waals surface area contributed by atoms with E-state index in [2.05, 4.69) is 9.82 Å². The van der Waals surface area contributed by atoms with Crippen molar-refractivity contribution in [3.8, 4) is 11.1 Å². The lowest BCUT2D eigenvalue weighted by Crippen LogP contribution is -2.22. The van der Waals surface area contributed by atoms with Crippen molar-refractivity contribution in [2.45, 2.75) is 31.2 Å². The third-order valence-corrected chi connectivity index (χ3v) is 7.19. The first kappa shape index (κ1) is 25.2. The van der Waals surface area contributed by atoms with Crippen LogP contribution in [0.25, 0.3) is 22.2 Å². The zero-order chi connectivity index (χ0) is 24.6. The number of rotatable bonds is 8. The van der Waals surface area contributed by atoms with Crippen LogP contribution in [0.5, 0.6) is 0 Å². The topological polar surface area (TPSA) is 67.2 Å². The summed E-state index contributed by atoms with van der Waals surface area (Å²) in [6, 6.07) is 8.83. The molecule has 2 heterocycles. The van der Waals surface area contributed by atoms with Crippen LogP contribution in [-0.4, -0.2) is 42.9 Å². The van der Waals surface area contributed by atoms with Crippen molar-refractivity contribution in [3.05, 3.63) is 59.7 Å². The van der Waals surface area contributed by atoms with E-state index in [-0.39, 0.29) is 23.5 Å². The zero-order valence-electron chi connectivity index (χ0n) is 18.5. The molecule has 0 atom stereocenters. The molecular weight excluding hydrogens is 477 g/mol. The molecule has 0 spiro atoms. The molecule has 0 saturated carbocycles. The molecule has 1 N–H and O–H groups in total. The number of hydrogen-bond acceptors (Lipinski definition) is 4. The molecule has 0 aliphatic rings. The molecule has 33 heavy (non-hydrogen) atoms. The monoisotopic (exact) mass is 500 g/mol. The number of halogens is 4. The van der Waals surface area contributed by atoms with Gasteiger partial charge in [0.05, 0.1) is 22.5 Å². The number of nitrogens with zero attached hydrogens (tertiary/aromatic N) is 3. The van der Waals surface area contributed by atoms with Crippen LogP contribution >= 0.6 is 11.8 Å². The van der Waals surface area contributed by atoms with Crippen LogP contribution in [-0.2, 0) is 22.5 Å². The van der Waals surface area contributed by atoms with Gasteiger partial charge in [-0.3, -0.25) is 0 Å². The van der Waals surface area contributed by atoms with Crippen molar-refractivity contribution in [2.24, 2.45) is 0 Å². The lowest BCUT2D eigenvalue weighted by Gasteiger charge is -2.13. The van der Waals surface area contributed by atoms with E-state index in [0.717, 1.165) is 11.2 Å². The number of fused-ring (bicyclic) bond motifs is 1. The minimum absolute atomic E-state index is 0.0431. The summed E-state index contributed by atoms with van der Waals surface area (Å²) in [4.78, 5) is 6.55. The Balaban J connectivity index is 2.30. The third kappa shape index (κ3) is 5.08. The van der Waals surface area contributed by atoms with Gasteiger partial charge in [0.15, 0.2) is 0 Å². The normalized spacial score (nSPS) is 13.3. The fourth-order valence-corrected chi connectivity index (χ4v) is 4.55. The molecule has 3 aromatic rings. The Hall–Kier alpha value is -2.40. The van der Waals surface area contributed by atoms with E-state index in [4.69, 9.17) is 11.8 Å². The second-order valence-corrected chi connectivity index (χ2v) is 10.2. The highest BCUT2D eigenvalue weighted by molar-refractivity contribution is 7.89. The minimum Gasteiger partial charge on any atom is -0.336 e. The van der Waals surface area contributed by atoms with Gasteiger partial charge in [-0.1, -0.05) is 12.1 Å². The van der Waals surface area contributed by atoms with Crippen LogP contribution in [0, 0.1) is 6.92 Å². The van der Waals surface area contributed by atoms with Gasteiger partial charge in [-0.25, -0.2) is 26.9 Å². The van der Waals surface area contributed by atoms with Crippen molar-refractivity contribution >= 4 is 32.8 Å². The molecule has 1 aromatic carbocycles. The van der Waals surface area contributed by atoms with E-state index < -0.39 is 27.5 Å². The summed E-state index contributed by atoms with van der Waals surface area (Å²) >= 11 is 5.39. The lowest BCUT2D eigenvalue weighted by molar-refractivity contribution is 0.0131. The molecule has 0 aliphatic heterocycles. The number of aromatic nitrogens is 2. The maximum atomic E-state index is 14.5. The highest BCUT2D eigenvalue weighted by atomic mass is 35.5. The Morgan fingerprint density at radius 2 is 1.97 bits per heavy atom. The average Bonchev–Trinajstić information content (AvgIpc) is 3.02. The summed E-state index contributed by atoms with van der Waals surface area (Å²) in [6.07, 6.45) is 1.27. The van der Waals surface area contributed by atoms with Crippen LogP contribution in [0.2, 0.25) is 0 Å². The average molecular weight is 501 g/mol. The van der Waals surface area contributed by atoms with E-state index in [1.165, 1.54) is 44.4 Å². The van der Waals surface area contributed by atoms with E-state index in [1.54, 1.807) is 23.6 Å². The van der Waals surface area contributed by atoms with E-state index >= 15 is 0 Å². The van der Waals surface area contributed by atoms with Crippen LogP contribution in [0.15, 0.2) is 53.2 Å². The highest BCUT2D eigenvalue weighted by Gasteiger charge is 2.28. The first-order valence-electron chi connectivity index (χ1n) is 9.97. The fraction of sp³-hybridized carbons (Fsp3) is 0.318. The number of sulfonamides is 1. The maximum Gasteiger partial charge on any atom is 0.286 e. The molecule has 6 nitrogen and oxygen atoms in total. The number of benzene rings is 1. The predicted molar refractivity (Wildman–Crippen MR) is 123 cm³/mol. The highest BCUT2D eigenvalue weighted by Crippen LogP contribution is 2.37. The Morgan fingerprint density at radius 3 is 2.58 bits per heavy atom. The second-order valence-electron chi connectivity index (χ2n) is 7.80. The number of allylic oxidation sites excluding steroid dienone is 1. The molecule has 0 amide bonds. The summed E-state index contributed by atoms with van der Waals surface area (Å²) in [5.41, 5.74) is 1.71. The van der Waals surface area contributed by atoms with Crippen molar-refractivity contribution in [1.29, 1.82) is 0 Å². The smallest absolute Gasteiger partial charge is 0.286 e. The first-order valence-corrected chi connectivity index (χ1v) is 11.8. The largest absolute Gasteiger partial charge is 0.336 e. The van der Waals surface area contributed by atoms with Gasteiger partial charge in [0.25, 0.3) is 5.92 Å². The van der Waals surface area contributed by atoms with E-state index in [9.17, 15) is 21.6 Å². The molecule has 0 radical (unpaired) electrons. The fourth-order valence-electron chi connectivity index (χ4n) is 3.52. The van der Waals surface area contributed by atoms with Gasteiger partial charge < -0.3 is 4.57 Å². The van der Waals surface area contributed by atoms with Crippen LogP contribution < -0.4 is 4.84 Å². The zero-order valence-corrected chi connectivity index (χ0v) is 20.1. The summed E-state index contributed by atoms with van der Waals surface area (Å²) in [7, 11) is -0.894. The van der Waals surface area contributed by atoms with Crippen molar-refractivity contribution in [3.63, 3.8) is 0 Å². The summed E-state index contributed by atoms with van der Waals surface area (Å²) in [5, 5.41) is 0.